The summed E-state index contributed by atoms with van der Waals surface area (Å²) in [6.07, 6.45) is 0. The van der Waals surface area contributed by atoms with E-state index in [0.717, 1.165) is 20.5 Å². The molecule has 0 radical (unpaired) electrons. The Morgan fingerprint density at radius 2 is 1.94 bits per heavy atom. The topological polar surface area (TPSA) is 81.3 Å². The zero-order chi connectivity index (χ0) is 22.0. The van der Waals surface area contributed by atoms with Crippen LogP contribution in [0.5, 0.6) is 5.75 Å². The Morgan fingerprint density at radius 3 is 2.74 bits per heavy atom. The first kappa shape index (κ1) is 21.3. The number of carbonyl (C=O) groups is 1. The number of fused-ring (bicyclic) bond motifs is 1. The van der Waals surface area contributed by atoms with Gasteiger partial charge in [0.2, 0.25) is 0 Å². The summed E-state index contributed by atoms with van der Waals surface area (Å²) in [6.45, 7) is 4.02. The van der Waals surface area contributed by atoms with Crippen LogP contribution in [0.3, 0.4) is 0 Å². The van der Waals surface area contributed by atoms with E-state index in [1.807, 2.05) is 38.1 Å². The number of para-hydroxylation sites is 1. The lowest BCUT2D eigenvalue weighted by Gasteiger charge is -2.11. The van der Waals surface area contributed by atoms with Crippen LogP contribution in [0.1, 0.15) is 32.2 Å². The zero-order valence-electron chi connectivity index (χ0n) is 16.9. The van der Waals surface area contributed by atoms with Gasteiger partial charge < -0.3 is 14.5 Å². The van der Waals surface area contributed by atoms with Crippen molar-refractivity contribution in [3.8, 4) is 5.75 Å². The molecule has 0 spiro atoms. The van der Waals surface area contributed by atoms with Crippen LogP contribution in [-0.2, 0) is 18.0 Å². The maximum atomic E-state index is 12.7. The predicted octanol–water partition coefficient (Wildman–Crippen LogP) is 5.30. The van der Waals surface area contributed by atoms with Crippen molar-refractivity contribution in [3.63, 3.8) is 0 Å². The molecule has 0 saturated carbocycles. The van der Waals surface area contributed by atoms with Gasteiger partial charge in [0.25, 0.3) is 5.56 Å². The van der Waals surface area contributed by atoms with Crippen molar-refractivity contribution < 1.29 is 14.3 Å². The van der Waals surface area contributed by atoms with Crippen LogP contribution < -0.4 is 10.3 Å². The van der Waals surface area contributed by atoms with E-state index in [9.17, 15) is 9.59 Å². The lowest BCUT2D eigenvalue weighted by Crippen LogP contribution is -2.14. The Kier molecular flexibility index (Phi) is 6.20. The number of hydrogen-bond acceptors (Lipinski definition) is 6. The van der Waals surface area contributed by atoms with Gasteiger partial charge >= 0.3 is 5.97 Å². The van der Waals surface area contributed by atoms with Crippen LogP contribution in [-0.4, -0.2) is 15.9 Å². The molecule has 1 N–H and O–H groups in total. The van der Waals surface area contributed by atoms with E-state index in [1.165, 1.54) is 11.3 Å². The zero-order valence-corrected chi connectivity index (χ0v) is 19.3. The van der Waals surface area contributed by atoms with E-state index in [2.05, 4.69) is 25.9 Å². The standard InChI is InChI=1S/C23H19BrN2O4S/c1-13-14(2)31-22-20(13)21(27)25-19(26-22)12-30-23(28)17-8-3-4-9-18(17)29-11-15-6-5-7-16(24)10-15/h3-10H,11-12H2,1-2H3,(H,25,26,27). The van der Waals surface area contributed by atoms with Gasteiger partial charge in [0, 0.05) is 9.35 Å². The summed E-state index contributed by atoms with van der Waals surface area (Å²) in [5, 5.41) is 0.587. The minimum atomic E-state index is -0.550. The molecule has 2 aromatic heterocycles. The van der Waals surface area contributed by atoms with Crippen molar-refractivity contribution in [1.82, 2.24) is 9.97 Å². The van der Waals surface area contributed by atoms with Gasteiger partial charge in [-0.15, -0.1) is 11.3 Å². The number of nitrogens with one attached hydrogen (secondary N) is 1. The molecule has 0 fully saturated rings. The molecule has 6 nitrogen and oxygen atoms in total. The lowest BCUT2D eigenvalue weighted by molar-refractivity contribution is 0.0457. The van der Waals surface area contributed by atoms with E-state index in [1.54, 1.807) is 24.3 Å². The number of thiophene rings is 1. The minimum Gasteiger partial charge on any atom is -0.488 e. The Bertz CT molecular complexity index is 1330. The first-order valence-corrected chi connectivity index (χ1v) is 11.2. The summed E-state index contributed by atoms with van der Waals surface area (Å²) in [5.41, 5.74) is 1.97. The number of esters is 1. The van der Waals surface area contributed by atoms with E-state index in [0.29, 0.717) is 34.0 Å². The number of nitrogens with zero attached hydrogens (tertiary/aromatic N) is 1. The largest absolute Gasteiger partial charge is 0.488 e. The predicted molar refractivity (Wildman–Crippen MR) is 124 cm³/mol. The fourth-order valence-electron chi connectivity index (χ4n) is 3.13. The molecule has 0 aliphatic rings. The second-order valence-corrected chi connectivity index (χ2v) is 9.09. The van der Waals surface area contributed by atoms with E-state index in [-0.39, 0.29) is 12.2 Å². The Hall–Kier alpha value is -2.97. The number of halogens is 1. The Morgan fingerprint density at radius 1 is 1.13 bits per heavy atom. The van der Waals surface area contributed by atoms with Crippen molar-refractivity contribution >= 4 is 43.5 Å². The summed E-state index contributed by atoms with van der Waals surface area (Å²) < 4.78 is 12.2. The molecule has 0 saturated heterocycles. The molecule has 0 amide bonds. The van der Waals surface area contributed by atoms with Crippen LogP contribution in [0.4, 0.5) is 0 Å². The van der Waals surface area contributed by atoms with Crippen LogP contribution in [0.15, 0.2) is 57.8 Å². The number of H-pyrrole nitrogens is 1. The number of rotatable bonds is 6. The van der Waals surface area contributed by atoms with E-state index < -0.39 is 5.97 Å². The smallest absolute Gasteiger partial charge is 0.342 e. The van der Waals surface area contributed by atoms with Gasteiger partial charge in [-0.2, -0.15) is 0 Å². The monoisotopic (exact) mass is 498 g/mol. The normalized spacial score (nSPS) is 10.9. The van der Waals surface area contributed by atoms with Crippen LogP contribution in [0, 0.1) is 13.8 Å². The molecule has 0 aliphatic heterocycles. The number of aryl methyl sites for hydroxylation is 2. The van der Waals surface area contributed by atoms with Crippen LogP contribution in [0.25, 0.3) is 10.2 Å². The number of ether oxygens (including phenoxy) is 2. The van der Waals surface area contributed by atoms with Gasteiger partial charge in [-0.1, -0.05) is 40.2 Å². The quantitative estimate of drug-likeness (QED) is 0.364. The number of benzene rings is 2. The Balaban J connectivity index is 1.48. The van der Waals surface area contributed by atoms with Crippen LogP contribution in [0.2, 0.25) is 0 Å². The van der Waals surface area contributed by atoms with Crippen molar-refractivity contribution in [1.29, 1.82) is 0 Å². The highest BCUT2D eigenvalue weighted by Crippen LogP contribution is 2.26. The van der Waals surface area contributed by atoms with Gasteiger partial charge in [-0.3, -0.25) is 4.79 Å². The molecule has 31 heavy (non-hydrogen) atoms. The average Bonchev–Trinajstić information content (AvgIpc) is 3.04. The number of carbonyl (C=O) groups excluding carboxylic acids is 1. The first-order valence-electron chi connectivity index (χ1n) is 9.54. The summed E-state index contributed by atoms with van der Waals surface area (Å²) in [6, 6.07) is 14.6. The molecule has 0 unspecified atom stereocenters. The van der Waals surface area contributed by atoms with Gasteiger partial charge in [0.05, 0.1) is 5.39 Å². The summed E-state index contributed by atoms with van der Waals surface area (Å²) in [4.78, 5) is 33.9. The molecule has 4 rings (SSSR count). The fourth-order valence-corrected chi connectivity index (χ4v) is 4.62. The van der Waals surface area contributed by atoms with Gasteiger partial charge in [0.15, 0.2) is 0 Å². The van der Waals surface area contributed by atoms with E-state index in [4.69, 9.17) is 9.47 Å². The maximum Gasteiger partial charge on any atom is 0.342 e. The molecule has 2 heterocycles. The van der Waals surface area contributed by atoms with E-state index >= 15 is 0 Å². The number of aromatic nitrogens is 2. The molecular formula is C23H19BrN2O4S. The third-order valence-corrected chi connectivity index (χ3v) is 6.41. The number of hydrogen-bond donors (Lipinski definition) is 1. The molecule has 2 aromatic carbocycles. The first-order chi connectivity index (χ1) is 14.9. The molecule has 8 heteroatoms. The second-order valence-electron chi connectivity index (χ2n) is 6.97. The van der Waals surface area contributed by atoms with Crippen molar-refractivity contribution in [2.75, 3.05) is 0 Å². The van der Waals surface area contributed by atoms with Crippen LogP contribution >= 0.6 is 27.3 Å². The number of aromatic amines is 1. The third-order valence-electron chi connectivity index (χ3n) is 4.82. The molecule has 4 aromatic rings. The third kappa shape index (κ3) is 4.70. The van der Waals surface area contributed by atoms with Gasteiger partial charge in [0.1, 0.15) is 35.2 Å². The SMILES string of the molecule is Cc1sc2nc(COC(=O)c3ccccc3OCc3cccc(Br)c3)[nH]c(=O)c2c1C. The summed E-state index contributed by atoms with van der Waals surface area (Å²) >= 11 is 4.88. The van der Waals surface area contributed by atoms with Crippen molar-refractivity contribution in [2.45, 2.75) is 27.1 Å². The average molecular weight is 499 g/mol. The lowest BCUT2D eigenvalue weighted by atomic mass is 10.2. The molecular weight excluding hydrogens is 480 g/mol. The van der Waals surface area contributed by atoms with Crippen molar-refractivity contribution in [3.05, 3.63) is 90.7 Å². The minimum absolute atomic E-state index is 0.139. The van der Waals surface area contributed by atoms with Crippen molar-refractivity contribution in [2.24, 2.45) is 0 Å². The summed E-state index contributed by atoms with van der Waals surface area (Å²) in [7, 11) is 0. The highest BCUT2D eigenvalue weighted by molar-refractivity contribution is 9.10. The second kappa shape index (κ2) is 9.03. The molecule has 158 valence electrons. The maximum absolute atomic E-state index is 12.7. The molecule has 0 atom stereocenters. The molecule has 0 aliphatic carbocycles. The highest BCUT2D eigenvalue weighted by Gasteiger charge is 2.16. The Labute approximate surface area is 191 Å². The van der Waals surface area contributed by atoms with Gasteiger partial charge in [-0.05, 0) is 49.2 Å². The highest BCUT2D eigenvalue weighted by atomic mass is 79.9. The summed E-state index contributed by atoms with van der Waals surface area (Å²) in [5.74, 6) is 0.180. The fraction of sp³-hybridized carbons (Fsp3) is 0.174. The van der Waals surface area contributed by atoms with Gasteiger partial charge in [-0.25, -0.2) is 9.78 Å². The molecule has 0 bridgehead atoms.